The van der Waals surface area contributed by atoms with Crippen molar-refractivity contribution in [1.29, 1.82) is 0 Å². The van der Waals surface area contributed by atoms with Gasteiger partial charge < -0.3 is 15.1 Å². The Bertz CT molecular complexity index is 755. The van der Waals surface area contributed by atoms with Crippen molar-refractivity contribution in [2.75, 3.05) is 24.7 Å². The predicted octanol–water partition coefficient (Wildman–Crippen LogP) is 2.84. The molecule has 1 aromatic rings. The lowest BCUT2D eigenvalue weighted by molar-refractivity contribution is -0.143. The van der Waals surface area contributed by atoms with E-state index in [1.54, 1.807) is 41.9 Å². The van der Waals surface area contributed by atoms with Crippen LogP contribution in [0.4, 0.5) is 5.69 Å². The molecule has 3 amide bonds. The molecule has 1 N–H and O–H groups in total. The van der Waals surface area contributed by atoms with Crippen molar-refractivity contribution in [3.8, 4) is 0 Å². The third kappa shape index (κ3) is 3.52. The monoisotopic (exact) mass is 415 g/mol. The van der Waals surface area contributed by atoms with Gasteiger partial charge in [-0.05, 0) is 25.5 Å². The fourth-order valence-corrected chi connectivity index (χ4v) is 5.26. The molecule has 2 fully saturated rings. The summed E-state index contributed by atoms with van der Waals surface area (Å²) in [6.45, 7) is 1.84. The molecule has 9 heteroatoms. The van der Waals surface area contributed by atoms with Gasteiger partial charge in [-0.15, -0.1) is 11.8 Å². The number of carbonyl (C=O) groups excluding carboxylic acids is 3. The van der Waals surface area contributed by atoms with E-state index in [4.69, 9.17) is 23.2 Å². The van der Waals surface area contributed by atoms with Crippen molar-refractivity contribution < 1.29 is 14.4 Å². The summed E-state index contributed by atoms with van der Waals surface area (Å²) in [6, 6.07) is 4.39. The molecule has 0 aromatic heterocycles. The highest BCUT2D eigenvalue weighted by molar-refractivity contribution is 8.01. The number of benzene rings is 1. The molecule has 3 rings (SSSR count). The normalized spacial score (nSPS) is 24.5. The number of hydrogen-bond donors (Lipinski definition) is 1. The van der Waals surface area contributed by atoms with Crippen LogP contribution in [0.15, 0.2) is 18.2 Å². The first-order chi connectivity index (χ1) is 12.2. The minimum Gasteiger partial charge on any atom is -0.335 e. The van der Waals surface area contributed by atoms with Gasteiger partial charge in [-0.1, -0.05) is 29.3 Å². The minimum atomic E-state index is -0.526. The fraction of sp³-hybridized carbons (Fsp3) is 0.471. The molecule has 0 radical (unpaired) electrons. The maximum absolute atomic E-state index is 12.8. The number of hydrogen-bond acceptors (Lipinski definition) is 4. The smallest absolute Gasteiger partial charge is 0.246 e. The van der Waals surface area contributed by atoms with Crippen molar-refractivity contribution in [2.24, 2.45) is 0 Å². The van der Waals surface area contributed by atoms with E-state index in [0.29, 0.717) is 27.9 Å². The summed E-state index contributed by atoms with van der Waals surface area (Å²) < 4.78 is 0. The van der Waals surface area contributed by atoms with Crippen LogP contribution in [-0.2, 0) is 14.4 Å². The number of amides is 3. The molecule has 26 heavy (non-hydrogen) atoms. The van der Waals surface area contributed by atoms with Gasteiger partial charge in [-0.3, -0.25) is 14.4 Å². The van der Waals surface area contributed by atoms with E-state index in [1.807, 2.05) is 6.92 Å². The molecule has 2 heterocycles. The van der Waals surface area contributed by atoms with Crippen LogP contribution in [0.25, 0.3) is 0 Å². The Balaban J connectivity index is 1.64. The number of carbonyl (C=O) groups is 3. The second kappa shape index (κ2) is 7.29. The van der Waals surface area contributed by atoms with E-state index >= 15 is 0 Å². The number of likely N-dealkylation sites (N-methyl/N-ethyl adjacent to an activating group) is 1. The Morgan fingerprint density at radius 1 is 1.38 bits per heavy atom. The Hall–Kier alpha value is -1.44. The Morgan fingerprint density at radius 2 is 2.04 bits per heavy atom. The van der Waals surface area contributed by atoms with E-state index in [1.165, 1.54) is 4.90 Å². The van der Waals surface area contributed by atoms with Gasteiger partial charge in [0.2, 0.25) is 17.7 Å². The lowest BCUT2D eigenvalue weighted by Gasteiger charge is -2.31. The molecule has 2 aliphatic rings. The third-order valence-electron chi connectivity index (χ3n) is 4.71. The number of nitrogens with one attached hydrogen (secondary N) is 1. The Kier molecular flexibility index (Phi) is 5.42. The quantitative estimate of drug-likeness (QED) is 0.820. The van der Waals surface area contributed by atoms with Gasteiger partial charge in [0.05, 0.1) is 27.1 Å². The molecule has 1 aromatic carbocycles. The number of rotatable bonds is 4. The number of halogens is 2. The minimum absolute atomic E-state index is 0.00319. The highest BCUT2D eigenvalue weighted by atomic mass is 35.5. The molecule has 0 aliphatic carbocycles. The summed E-state index contributed by atoms with van der Waals surface area (Å²) in [5.74, 6) is -0.103. The number of anilines is 1. The summed E-state index contributed by atoms with van der Waals surface area (Å²) in [5.41, 5.74) is 0.320. The van der Waals surface area contributed by atoms with E-state index in [2.05, 4.69) is 5.32 Å². The van der Waals surface area contributed by atoms with Crippen LogP contribution in [0.1, 0.15) is 19.8 Å². The second-order valence-electron chi connectivity index (χ2n) is 6.60. The first-order valence-electron chi connectivity index (χ1n) is 8.18. The lowest BCUT2D eigenvalue weighted by Crippen LogP contribution is -2.51. The van der Waals surface area contributed by atoms with Crippen LogP contribution >= 0.6 is 35.0 Å². The van der Waals surface area contributed by atoms with Crippen molar-refractivity contribution >= 4 is 58.4 Å². The largest absolute Gasteiger partial charge is 0.335 e. The summed E-state index contributed by atoms with van der Waals surface area (Å²) >= 11 is 13.7. The van der Waals surface area contributed by atoms with Crippen molar-refractivity contribution in [3.05, 3.63) is 28.2 Å². The average molecular weight is 416 g/mol. The van der Waals surface area contributed by atoms with E-state index in [0.717, 1.165) is 6.42 Å². The topological polar surface area (TPSA) is 69.7 Å². The number of thioether (sulfide) groups is 1. The van der Waals surface area contributed by atoms with Crippen LogP contribution in [0.5, 0.6) is 0 Å². The SMILES string of the molecule is CN(CC(=O)Nc1c(Cl)cccc1Cl)C(=O)[C@H]1CS[C@]2(C)CCC(=O)N12. The molecule has 6 nitrogen and oxygen atoms in total. The Morgan fingerprint density at radius 3 is 2.69 bits per heavy atom. The van der Waals surface area contributed by atoms with Gasteiger partial charge in [-0.2, -0.15) is 0 Å². The number of nitrogens with zero attached hydrogens (tertiary/aromatic N) is 2. The highest BCUT2D eigenvalue weighted by Crippen LogP contribution is 2.47. The molecular formula is C17H19Cl2N3O3S. The maximum Gasteiger partial charge on any atom is 0.246 e. The van der Waals surface area contributed by atoms with E-state index in [-0.39, 0.29) is 23.2 Å². The summed E-state index contributed by atoms with van der Waals surface area (Å²) in [6.07, 6.45) is 1.21. The lowest BCUT2D eigenvalue weighted by atomic mass is 10.2. The van der Waals surface area contributed by atoms with Gasteiger partial charge in [-0.25, -0.2) is 0 Å². The van der Waals surface area contributed by atoms with Crippen LogP contribution in [-0.4, -0.2) is 57.8 Å². The zero-order valence-corrected chi connectivity index (χ0v) is 16.7. The van der Waals surface area contributed by atoms with Crippen molar-refractivity contribution in [1.82, 2.24) is 9.80 Å². The van der Waals surface area contributed by atoms with Crippen molar-refractivity contribution in [2.45, 2.75) is 30.7 Å². The molecular weight excluding hydrogens is 397 g/mol. The first-order valence-corrected chi connectivity index (χ1v) is 9.92. The fourth-order valence-electron chi connectivity index (χ4n) is 3.35. The Labute approximate surface area is 166 Å². The van der Waals surface area contributed by atoms with Crippen LogP contribution in [0.2, 0.25) is 10.0 Å². The molecule has 0 saturated carbocycles. The second-order valence-corrected chi connectivity index (χ2v) is 8.92. The summed E-state index contributed by atoms with van der Waals surface area (Å²) in [4.78, 5) is 39.9. The zero-order chi connectivity index (χ0) is 19.1. The molecule has 2 saturated heterocycles. The maximum atomic E-state index is 12.8. The highest BCUT2D eigenvalue weighted by Gasteiger charge is 2.53. The van der Waals surface area contributed by atoms with E-state index < -0.39 is 11.9 Å². The average Bonchev–Trinajstić information content (AvgIpc) is 3.07. The zero-order valence-electron chi connectivity index (χ0n) is 14.4. The molecule has 0 spiro atoms. The first kappa shape index (κ1) is 19.3. The summed E-state index contributed by atoms with van der Waals surface area (Å²) in [7, 11) is 1.55. The van der Waals surface area contributed by atoms with Gasteiger partial charge in [0.25, 0.3) is 0 Å². The molecule has 2 aliphatic heterocycles. The number of para-hydroxylation sites is 1. The number of fused-ring (bicyclic) bond motifs is 1. The van der Waals surface area contributed by atoms with Crippen LogP contribution < -0.4 is 5.32 Å². The molecule has 2 atom stereocenters. The standard InChI is InChI=1S/C17H19Cl2N3O3S/c1-17-7-6-14(24)22(17)12(9-26-17)16(25)21(2)8-13(23)20-15-10(18)4-3-5-11(15)19/h3-5,12H,6-9H2,1-2H3,(H,20,23)/t12-,17-/m1/s1. The molecule has 0 unspecified atom stereocenters. The van der Waals surface area contributed by atoms with Crippen LogP contribution in [0, 0.1) is 0 Å². The van der Waals surface area contributed by atoms with Gasteiger partial charge >= 0.3 is 0 Å². The molecule has 0 bridgehead atoms. The molecule has 140 valence electrons. The van der Waals surface area contributed by atoms with Gasteiger partial charge in [0.15, 0.2) is 0 Å². The predicted molar refractivity (Wildman–Crippen MR) is 103 cm³/mol. The van der Waals surface area contributed by atoms with Crippen molar-refractivity contribution in [3.63, 3.8) is 0 Å². The van der Waals surface area contributed by atoms with Gasteiger partial charge in [0.1, 0.15) is 6.04 Å². The van der Waals surface area contributed by atoms with Crippen LogP contribution in [0.3, 0.4) is 0 Å². The van der Waals surface area contributed by atoms with E-state index in [9.17, 15) is 14.4 Å². The summed E-state index contributed by atoms with van der Waals surface area (Å²) in [5, 5.41) is 3.28. The third-order valence-corrected chi connectivity index (χ3v) is 6.85. The van der Waals surface area contributed by atoms with Gasteiger partial charge in [0, 0.05) is 19.2 Å².